The van der Waals surface area contributed by atoms with Gasteiger partial charge in [0.05, 0.1) is 12.8 Å². The lowest BCUT2D eigenvalue weighted by molar-refractivity contribution is 0.0567. The molecule has 140 valence electrons. The molecule has 0 radical (unpaired) electrons. The molecule has 3 aromatic rings. The molecule has 2 aromatic carbocycles. The standard InChI is InChI=1S/C21H24N4OS/c27-21-24(19-10-5-2-6-11-19)16-22-25(21)17-23(15-20-12-7-13-26-20)14-18-8-3-1-4-9-18/h1-6,8-11,16,20H,7,12-15,17H2. The van der Waals surface area contributed by atoms with Gasteiger partial charge in [-0.1, -0.05) is 48.5 Å². The Hall–Kier alpha value is -2.28. The maximum absolute atomic E-state index is 5.86. The summed E-state index contributed by atoms with van der Waals surface area (Å²) in [4.78, 5) is 2.36. The van der Waals surface area contributed by atoms with Crippen molar-refractivity contribution in [2.24, 2.45) is 0 Å². The Balaban J connectivity index is 1.54. The number of hydrogen-bond acceptors (Lipinski definition) is 4. The van der Waals surface area contributed by atoms with Gasteiger partial charge in [-0.15, -0.1) is 0 Å². The summed E-state index contributed by atoms with van der Waals surface area (Å²) in [5, 5.41) is 4.54. The van der Waals surface area contributed by atoms with Crippen molar-refractivity contribution in [3.8, 4) is 5.69 Å². The van der Waals surface area contributed by atoms with Crippen molar-refractivity contribution in [1.29, 1.82) is 0 Å². The van der Waals surface area contributed by atoms with E-state index in [1.54, 1.807) is 6.33 Å². The highest BCUT2D eigenvalue weighted by Crippen LogP contribution is 2.16. The maximum atomic E-state index is 5.86. The third kappa shape index (κ3) is 4.53. The van der Waals surface area contributed by atoms with Gasteiger partial charge < -0.3 is 4.74 Å². The first-order valence-corrected chi connectivity index (χ1v) is 9.78. The summed E-state index contributed by atoms with van der Waals surface area (Å²) in [6.45, 7) is 3.24. The predicted molar refractivity (Wildman–Crippen MR) is 108 cm³/mol. The molecule has 0 bridgehead atoms. The van der Waals surface area contributed by atoms with Crippen molar-refractivity contribution in [2.45, 2.75) is 32.2 Å². The van der Waals surface area contributed by atoms with E-state index in [0.717, 1.165) is 38.2 Å². The van der Waals surface area contributed by atoms with Crippen LogP contribution in [-0.2, 0) is 18.0 Å². The molecule has 2 heterocycles. The van der Waals surface area contributed by atoms with E-state index in [4.69, 9.17) is 17.0 Å². The van der Waals surface area contributed by atoms with Crippen LogP contribution in [0.3, 0.4) is 0 Å². The maximum Gasteiger partial charge on any atom is 0.203 e. The molecule has 0 saturated carbocycles. The van der Waals surface area contributed by atoms with Crippen molar-refractivity contribution in [3.05, 3.63) is 77.3 Å². The van der Waals surface area contributed by atoms with Crippen molar-refractivity contribution in [1.82, 2.24) is 19.2 Å². The minimum absolute atomic E-state index is 0.291. The molecule has 1 aromatic heterocycles. The number of aromatic nitrogens is 3. The predicted octanol–water partition coefficient (Wildman–Crippen LogP) is 4.04. The number of para-hydroxylation sites is 1. The molecule has 0 N–H and O–H groups in total. The van der Waals surface area contributed by atoms with Gasteiger partial charge in [-0.3, -0.25) is 9.47 Å². The molecule has 1 aliphatic rings. The Morgan fingerprint density at radius 2 is 1.81 bits per heavy atom. The van der Waals surface area contributed by atoms with Crippen LogP contribution in [0.4, 0.5) is 0 Å². The Morgan fingerprint density at radius 1 is 1.07 bits per heavy atom. The van der Waals surface area contributed by atoms with Gasteiger partial charge in [0.2, 0.25) is 4.77 Å². The lowest BCUT2D eigenvalue weighted by Crippen LogP contribution is -2.34. The minimum atomic E-state index is 0.291. The van der Waals surface area contributed by atoms with E-state index in [0.29, 0.717) is 17.5 Å². The molecule has 5 nitrogen and oxygen atoms in total. The molecule has 1 fully saturated rings. The molecule has 0 amide bonds. The SMILES string of the molecule is S=c1n(-c2ccccc2)cnn1CN(Cc1ccccc1)CC1CCCO1. The van der Waals surface area contributed by atoms with Gasteiger partial charge >= 0.3 is 0 Å². The van der Waals surface area contributed by atoms with Crippen molar-refractivity contribution >= 4 is 12.2 Å². The van der Waals surface area contributed by atoms with Crippen LogP contribution in [0, 0.1) is 4.77 Å². The van der Waals surface area contributed by atoms with E-state index in [1.807, 2.05) is 45.6 Å². The molecule has 0 aliphatic carbocycles. The van der Waals surface area contributed by atoms with Crippen molar-refractivity contribution < 1.29 is 4.74 Å². The molecule has 27 heavy (non-hydrogen) atoms. The highest BCUT2D eigenvalue weighted by Gasteiger charge is 2.20. The van der Waals surface area contributed by atoms with E-state index >= 15 is 0 Å². The average Bonchev–Trinajstić information content (AvgIpc) is 3.34. The minimum Gasteiger partial charge on any atom is -0.377 e. The number of nitrogens with zero attached hydrogens (tertiary/aromatic N) is 4. The van der Waals surface area contributed by atoms with Crippen LogP contribution in [0.25, 0.3) is 5.69 Å². The van der Waals surface area contributed by atoms with Crippen LogP contribution >= 0.6 is 12.2 Å². The van der Waals surface area contributed by atoms with Gasteiger partial charge in [0.25, 0.3) is 0 Å². The average molecular weight is 381 g/mol. The molecule has 1 aliphatic heterocycles. The van der Waals surface area contributed by atoms with E-state index < -0.39 is 0 Å². The normalized spacial score (nSPS) is 16.9. The quantitative estimate of drug-likeness (QED) is 0.580. The third-order valence-electron chi connectivity index (χ3n) is 4.84. The Kier molecular flexibility index (Phi) is 5.77. The molecule has 6 heteroatoms. The van der Waals surface area contributed by atoms with Gasteiger partial charge in [-0.25, -0.2) is 4.68 Å². The van der Waals surface area contributed by atoms with Gasteiger partial charge in [0.1, 0.15) is 6.33 Å². The zero-order chi connectivity index (χ0) is 18.5. The summed E-state index contributed by atoms with van der Waals surface area (Å²) >= 11 is 5.68. The Labute approximate surface area is 164 Å². The summed E-state index contributed by atoms with van der Waals surface area (Å²) in [5.41, 5.74) is 2.31. The molecule has 1 unspecified atom stereocenters. The number of hydrogen-bond donors (Lipinski definition) is 0. The fourth-order valence-corrected chi connectivity index (χ4v) is 3.74. The van der Waals surface area contributed by atoms with Crippen LogP contribution in [0.1, 0.15) is 18.4 Å². The van der Waals surface area contributed by atoms with Crippen molar-refractivity contribution in [2.75, 3.05) is 13.2 Å². The number of rotatable bonds is 7. The fourth-order valence-electron chi connectivity index (χ4n) is 3.48. The van der Waals surface area contributed by atoms with E-state index in [2.05, 4.69) is 34.3 Å². The fraction of sp³-hybridized carbons (Fsp3) is 0.333. The third-order valence-corrected chi connectivity index (χ3v) is 5.24. The molecular formula is C21H24N4OS. The zero-order valence-electron chi connectivity index (χ0n) is 15.3. The first-order chi connectivity index (χ1) is 13.3. The van der Waals surface area contributed by atoms with Crippen LogP contribution in [0.5, 0.6) is 0 Å². The van der Waals surface area contributed by atoms with Gasteiger partial charge in [-0.2, -0.15) is 5.10 Å². The van der Waals surface area contributed by atoms with Crippen LogP contribution < -0.4 is 0 Å². The summed E-state index contributed by atoms with van der Waals surface area (Å²) in [7, 11) is 0. The largest absolute Gasteiger partial charge is 0.377 e. The second kappa shape index (κ2) is 8.61. The van der Waals surface area contributed by atoms with E-state index in [1.165, 1.54) is 5.56 Å². The monoisotopic (exact) mass is 380 g/mol. The van der Waals surface area contributed by atoms with Gasteiger partial charge in [0, 0.05) is 25.4 Å². The van der Waals surface area contributed by atoms with E-state index in [9.17, 15) is 0 Å². The summed E-state index contributed by atoms with van der Waals surface area (Å²) in [6.07, 6.45) is 4.35. The highest BCUT2D eigenvalue weighted by atomic mass is 32.1. The molecule has 1 saturated heterocycles. The summed E-state index contributed by atoms with van der Waals surface area (Å²) in [5.74, 6) is 0. The first kappa shape index (κ1) is 18.1. The lowest BCUT2D eigenvalue weighted by Gasteiger charge is -2.25. The zero-order valence-corrected chi connectivity index (χ0v) is 16.1. The van der Waals surface area contributed by atoms with Crippen LogP contribution in [0.15, 0.2) is 67.0 Å². The highest BCUT2D eigenvalue weighted by molar-refractivity contribution is 7.71. The second-order valence-electron chi connectivity index (χ2n) is 6.89. The van der Waals surface area contributed by atoms with Crippen molar-refractivity contribution in [3.63, 3.8) is 0 Å². The van der Waals surface area contributed by atoms with Gasteiger partial charge in [0.15, 0.2) is 0 Å². The Morgan fingerprint density at radius 3 is 2.52 bits per heavy atom. The van der Waals surface area contributed by atoms with Gasteiger partial charge in [-0.05, 0) is 42.8 Å². The van der Waals surface area contributed by atoms with Crippen LogP contribution in [-0.4, -0.2) is 38.5 Å². The summed E-state index contributed by atoms with van der Waals surface area (Å²) < 4.78 is 10.4. The molecular weight excluding hydrogens is 356 g/mol. The second-order valence-corrected chi connectivity index (χ2v) is 7.26. The number of ether oxygens (including phenoxy) is 1. The smallest absolute Gasteiger partial charge is 0.203 e. The van der Waals surface area contributed by atoms with Crippen LogP contribution in [0.2, 0.25) is 0 Å². The topological polar surface area (TPSA) is 35.2 Å². The molecule has 1 atom stereocenters. The Bertz CT molecular complexity index is 901. The first-order valence-electron chi connectivity index (χ1n) is 9.37. The summed E-state index contributed by atoms with van der Waals surface area (Å²) in [6, 6.07) is 20.6. The lowest BCUT2D eigenvalue weighted by atomic mass is 10.2. The molecule has 0 spiro atoms. The molecule has 4 rings (SSSR count). The van der Waals surface area contributed by atoms with E-state index in [-0.39, 0.29) is 0 Å². The number of benzene rings is 2.